The predicted octanol–water partition coefficient (Wildman–Crippen LogP) is 2.98. The Morgan fingerprint density at radius 1 is 0.964 bits per heavy atom. The molecule has 5 nitrogen and oxygen atoms in total. The monoisotopic (exact) mass is 378 g/mol. The molecule has 0 atom stereocenters. The second-order valence-electron chi connectivity index (χ2n) is 7.28. The molecule has 0 spiro atoms. The van der Waals surface area contributed by atoms with Crippen molar-refractivity contribution in [2.45, 2.75) is 38.1 Å². The number of carbonyl (C=O) groups is 1. The summed E-state index contributed by atoms with van der Waals surface area (Å²) in [6.07, 6.45) is 2.78. The number of nitrogens with one attached hydrogen (secondary N) is 3. The van der Waals surface area contributed by atoms with Crippen molar-refractivity contribution < 1.29 is 4.79 Å². The van der Waals surface area contributed by atoms with E-state index in [1.54, 1.807) is 0 Å². The van der Waals surface area contributed by atoms with Crippen molar-refractivity contribution in [2.24, 2.45) is 4.99 Å². The van der Waals surface area contributed by atoms with Gasteiger partial charge in [0, 0.05) is 31.5 Å². The van der Waals surface area contributed by atoms with E-state index in [0.717, 1.165) is 24.6 Å². The highest BCUT2D eigenvalue weighted by molar-refractivity contribution is 5.81. The summed E-state index contributed by atoms with van der Waals surface area (Å²) in [7, 11) is 0. The van der Waals surface area contributed by atoms with Crippen LogP contribution in [0, 0.1) is 0 Å². The summed E-state index contributed by atoms with van der Waals surface area (Å²) in [5.41, 5.74) is 2.67. The number of amides is 1. The molecule has 5 heteroatoms. The maximum atomic E-state index is 12.1. The highest BCUT2D eigenvalue weighted by atomic mass is 16.1. The van der Waals surface area contributed by atoms with Gasteiger partial charge in [0.05, 0.1) is 6.54 Å². The van der Waals surface area contributed by atoms with Crippen LogP contribution < -0.4 is 16.0 Å². The third-order valence-corrected chi connectivity index (χ3v) is 5.10. The van der Waals surface area contributed by atoms with E-state index >= 15 is 0 Å². The molecule has 3 rings (SSSR count). The second kappa shape index (κ2) is 9.93. The van der Waals surface area contributed by atoms with E-state index in [0.29, 0.717) is 19.5 Å². The zero-order valence-electron chi connectivity index (χ0n) is 16.6. The number of aliphatic imine (C=N–C) groups is 1. The number of hydrogen-bond donors (Lipinski definition) is 3. The molecule has 1 saturated carbocycles. The topological polar surface area (TPSA) is 65.5 Å². The maximum Gasteiger partial charge on any atom is 0.222 e. The molecule has 0 bridgehead atoms. The van der Waals surface area contributed by atoms with Gasteiger partial charge in [-0.1, -0.05) is 60.7 Å². The number of rotatable bonds is 9. The van der Waals surface area contributed by atoms with Crippen LogP contribution in [-0.4, -0.2) is 31.5 Å². The van der Waals surface area contributed by atoms with Crippen molar-refractivity contribution in [3.05, 3.63) is 71.8 Å². The molecule has 0 aromatic heterocycles. The van der Waals surface area contributed by atoms with Crippen molar-refractivity contribution in [3.8, 4) is 0 Å². The standard InChI is InChI=1S/C23H30N4O/c1-2-24-22(27-18-23(14-15-23)20-11-7-4-8-12-20)25-16-13-21(28)26-17-19-9-5-3-6-10-19/h3-12H,2,13-18H2,1H3,(H,26,28)(H2,24,25,27). The normalized spacial score (nSPS) is 15.0. The maximum absolute atomic E-state index is 12.1. The summed E-state index contributed by atoms with van der Waals surface area (Å²) < 4.78 is 0. The van der Waals surface area contributed by atoms with Crippen LogP contribution in [-0.2, 0) is 16.8 Å². The lowest BCUT2D eigenvalue weighted by Gasteiger charge is -2.16. The second-order valence-corrected chi connectivity index (χ2v) is 7.28. The van der Waals surface area contributed by atoms with Crippen molar-refractivity contribution in [2.75, 3.05) is 19.6 Å². The summed E-state index contributed by atoms with van der Waals surface area (Å²) in [6, 6.07) is 20.6. The van der Waals surface area contributed by atoms with Crippen LogP contribution in [0.5, 0.6) is 0 Å². The molecule has 28 heavy (non-hydrogen) atoms. The lowest BCUT2D eigenvalue weighted by atomic mass is 9.96. The van der Waals surface area contributed by atoms with Gasteiger partial charge < -0.3 is 16.0 Å². The van der Waals surface area contributed by atoms with Crippen LogP contribution in [0.1, 0.15) is 37.3 Å². The van der Waals surface area contributed by atoms with Gasteiger partial charge in [-0.2, -0.15) is 0 Å². The van der Waals surface area contributed by atoms with Crippen LogP contribution in [0.4, 0.5) is 0 Å². The van der Waals surface area contributed by atoms with Crippen LogP contribution in [0.2, 0.25) is 0 Å². The lowest BCUT2D eigenvalue weighted by molar-refractivity contribution is -0.121. The molecule has 1 aliphatic rings. The largest absolute Gasteiger partial charge is 0.357 e. The quantitative estimate of drug-likeness (QED) is 0.464. The fourth-order valence-corrected chi connectivity index (χ4v) is 3.23. The third kappa shape index (κ3) is 5.84. The van der Waals surface area contributed by atoms with Gasteiger partial charge in [0.2, 0.25) is 5.91 Å². The highest BCUT2D eigenvalue weighted by Crippen LogP contribution is 2.48. The molecule has 1 fully saturated rings. The molecular formula is C23H30N4O. The first-order valence-electron chi connectivity index (χ1n) is 10.1. The lowest BCUT2D eigenvalue weighted by Crippen LogP contribution is -2.39. The smallest absolute Gasteiger partial charge is 0.222 e. The Labute approximate surface area is 167 Å². The van der Waals surface area contributed by atoms with Gasteiger partial charge in [0.15, 0.2) is 5.96 Å². The van der Waals surface area contributed by atoms with Crippen LogP contribution in [0.25, 0.3) is 0 Å². The van der Waals surface area contributed by atoms with Crippen LogP contribution >= 0.6 is 0 Å². The van der Waals surface area contributed by atoms with Gasteiger partial charge in [-0.25, -0.2) is 0 Å². The Morgan fingerprint density at radius 3 is 2.29 bits per heavy atom. The summed E-state index contributed by atoms with van der Waals surface area (Å²) in [4.78, 5) is 16.8. The summed E-state index contributed by atoms with van der Waals surface area (Å²) >= 11 is 0. The van der Waals surface area contributed by atoms with Gasteiger partial charge in [0.25, 0.3) is 0 Å². The molecule has 0 aliphatic heterocycles. The summed E-state index contributed by atoms with van der Waals surface area (Å²) in [5, 5.41) is 9.51. The van der Waals surface area contributed by atoms with Gasteiger partial charge in [0.1, 0.15) is 0 Å². The first kappa shape index (κ1) is 19.9. The van der Waals surface area contributed by atoms with E-state index in [-0.39, 0.29) is 11.3 Å². The molecule has 0 unspecified atom stereocenters. The average Bonchev–Trinajstić information content (AvgIpc) is 3.53. The Morgan fingerprint density at radius 2 is 1.64 bits per heavy atom. The van der Waals surface area contributed by atoms with E-state index in [1.165, 1.54) is 18.4 Å². The van der Waals surface area contributed by atoms with Gasteiger partial charge in [-0.3, -0.25) is 9.79 Å². The van der Waals surface area contributed by atoms with Gasteiger partial charge in [-0.05, 0) is 30.9 Å². The van der Waals surface area contributed by atoms with E-state index in [2.05, 4.69) is 46.3 Å². The highest BCUT2D eigenvalue weighted by Gasteiger charge is 2.43. The Hall–Kier alpha value is -2.82. The molecule has 1 amide bonds. The van der Waals surface area contributed by atoms with Crippen molar-refractivity contribution in [1.29, 1.82) is 0 Å². The SMILES string of the molecule is CCNC(=NCC1(c2ccccc2)CC1)NCCC(=O)NCc1ccccc1. The minimum absolute atomic E-state index is 0.0372. The zero-order chi connectivity index (χ0) is 19.7. The zero-order valence-corrected chi connectivity index (χ0v) is 16.6. The fraction of sp³-hybridized carbons (Fsp3) is 0.391. The average molecular weight is 379 g/mol. The van der Waals surface area contributed by atoms with E-state index in [9.17, 15) is 4.79 Å². The van der Waals surface area contributed by atoms with Gasteiger partial charge >= 0.3 is 0 Å². The first-order chi connectivity index (χ1) is 13.7. The molecule has 0 radical (unpaired) electrons. The van der Waals surface area contributed by atoms with Crippen molar-refractivity contribution in [3.63, 3.8) is 0 Å². The minimum atomic E-state index is 0.0372. The van der Waals surface area contributed by atoms with Gasteiger partial charge in [-0.15, -0.1) is 0 Å². The fourth-order valence-electron chi connectivity index (χ4n) is 3.23. The Kier molecular flexibility index (Phi) is 7.06. The summed E-state index contributed by atoms with van der Waals surface area (Å²) in [6.45, 7) is 4.74. The van der Waals surface area contributed by atoms with E-state index in [1.807, 2.05) is 37.3 Å². The Bertz CT molecular complexity index is 770. The number of hydrogen-bond acceptors (Lipinski definition) is 2. The molecule has 0 saturated heterocycles. The number of nitrogens with zero attached hydrogens (tertiary/aromatic N) is 1. The van der Waals surface area contributed by atoms with E-state index < -0.39 is 0 Å². The number of guanidine groups is 1. The molecule has 2 aromatic carbocycles. The van der Waals surface area contributed by atoms with Crippen LogP contribution in [0.15, 0.2) is 65.7 Å². The number of carbonyl (C=O) groups excluding carboxylic acids is 1. The molecule has 0 heterocycles. The minimum Gasteiger partial charge on any atom is -0.357 e. The molecule has 1 aliphatic carbocycles. The van der Waals surface area contributed by atoms with E-state index in [4.69, 9.17) is 4.99 Å². The first-order valence-corrected chi connectivity index (χ1v) is 10.1. The van der Waals surface area contributed by atoms with Crippen molar-refractivity contribution >= 4 is 11.9 Å². The van der Waals surface area contributed by atoms with Crippen LogP contribution in [0.3, 0.4) is 0 Å². The molecular weight excluding hydrogens is 348 g/mol. The van der Waals surface area contributed by atoms with Crippen molar-refractivity contribution in [1.82, 2.24) is 16.0 Å². The molecule has 2 aromatic rings. The predicted molar refractivity (Wildman–Crippen MR) is 114 cm³/mol. The molecule has 148 valence electrons. The Balaban J connectivity index is 1.44. The number of benzene rings is 2. The molecule has 3 N–H and O–H groups in total. The summed E-state index contributed by atoms with van der Waals surface area (Å²) in [5.74, 6) is 0.815. The third-order valence-electron chi connectivity index (χ3n) is 5.10.